The summed E-state index contributed by atoms with van der Waals surface area (Å²) in [6, 6.07) is 1.67. The molecule has 8 atom stereocenters. The minimum absolute atomic E-state index is 0.355. The first-order valence-corrected chi connectivity index (χ1v) is 9.09. The fourth-order valence-corrected chi connectivity index (χ4v) is 8.95. The van der Waals surface area contributed by atoms with Gasteiger partial charge in [0.2, 0.25) is 0 Å². The molecular formula is C17H26N4. The molecule has 4 heteroatoms. The van der Waals surface area contributed by atoms with Crippen molar-refractivity contribution in [2.45, 2.75) is 70.1 Å². The zero-order valence-electron chi connectivity index (χ0n) is 13.6. The van der Waals surface area contributed by atoms with Crippen molar-refractivity contribution in [2.24, 2.45) is 29.1 Å². The second kappa shape index (κ2) is 2.62. The molecule has 4 nitrogen and oxygen atoms in total. The molecular weight excluding hydrogens is 260 g/mol. The van der Waals surface area contributed by atoms with Crippen molar-refractivity contribution in [2.75, 3.05) is 6.67 Å². The normalized spacial score (nSPS) is 69.1. The van der Waals surface area contributed by atoms with Crippen LogP contribution >= 0.6 is 0 Å². The van der Waals surface area contributed by atoms with E-state index in [4.69, 9.17) is 0 Å². The van der Waals surface area contributed by atoms with Crippen molar-refractivity contribution in [3.63, 3.8) is 0 Å². The van der Waals surface area contributed by atoms with Crippen molar-refractivity contribution < 1.29 is 0 Å². The monoisotopic (exact) mass is 286 g/mol. The minimum atomic E-state index is 0.355. The standard InChI is InChI=1S/C17H26N4/c1-15(2)16(3)11-12-14-10-7-5-6-9(10)13(11)18-8-19(16)21(20(14)18)17(12,15)4/h9-14H,5-8H2,1-4H3/t9-,10+,11+,12-,13-,14+,16-,17+/m1/s1. The summed E-state index contributed by atoms with van der Waals surface area (Å²) >= 11 is 0. The first-order valence-electron chi connectivity index (χ1n) is 9.09. The highest BCUT2D eigenvalue weighted by Crippen LogP contribution is 2.82. The van der Waals surface area contributed by atoms with Gasteiger partial charge in [-0.3, -0.25) is 0 Å². The number of hydrogen-bond acceptors (Lipinski definition) is 4. The van der Waals surface area contributed by atoms with Crippen LogP contribution in [0.5, 0.6) is 0 Å². The molecule has 5 aliphatic heterocycles. The second-order valence-corrected chi connectivity index (χ2v) is 9.80. The lowest BCUT2D eigenvalue weighted by molar-refractivity contribution is -0.245. The van der Waals surface area contributed by atoms with Gasteiger partial charge in [0.15, 0.2) is 0 Å². The van der Waals surface area contributed by atoms with Gasteiger partial charge in [-0.05, 0) is 38.5 Å². The molecule has 8 rings (SSSR count). The van der Waals surface area contributed by atoms with E-state index in [2.05, 4.69) is 47.9 Å². The Balaban J connectivity index is 1.60. The molecule has 8 fully saturated rings. The Morgan fingerprint density at radius 1 is 0.857 bits per heavy atom. The Bertz CT molecular complexity index is 590. The van der Waals surface area contributed by atoms with Gasteiger partial charge in [-0.1, -0.05) is 20.3 Å². The summed E-state index contributed by atoms with van der Waals surface area (Å²) in [5.74, 6) is 3.82. The predicted molar refractivity (Wildman–Crippen MR) is 78.2 cm³/mol. The van der Waals surface area contributed by atoms with Gasteiger partial charge in [0.1, 0.15) is 0 Å². The van der Waals surface area contributed by atoms with Crippen molar-refractivity contribution >= 4 is 0 Å². The third-order valence-electron chi connectivity index (χ3n) is 9.98. The maximum absolute atomic E-state index is 2.79. The van der Waals surface area contributed by atoms with E-state index in [1.807, 2.05) is 0 Å². The summed E-state index contributed by atoms with van der Waals surface area (Å²) < 4.78 is 0. The quantitative estimate of drug-likeness (QED) is 0.674. The van der Waals surface area contributed by atoms with Gasteiger partial charge >= 0.3 is 0 Å². The summed E-state index contributed by atoms with van der Waals surface area (Å²) in [6.07, 6.45) is 4.50. The largest absolute Gasteiger partial charge is 0.207 e. The lowest BCUT2D eigenvalue weighted by atomic mass is 9.57. The van der Waals surface area contributed by atoms with E-state index in [-0.39, 0.29) is 0 Å². The van der Waals surface area contributed by atoms with Gasteiger partial charge in [-0.25, -0.2) is 10.0 Å². The molecule has 6 bridgehead atoms. The maximum Gasteiger partial charge on any atom is 0.0824 e. The Hall–Kier alpha value is -0.160. The maximum atomic E-state index is 2.79. The molecule has 5 saturated heterocycles. The summed E-state index contributed by atoms with van der Waals surface area (Å²) in [5.41, 5.74) is 1.13. The highest BCUT2D eigenvalue weighted by atomic mass is 16.1. The fraction of sp³-hybridized carbons (Fsp3) is 1.00. The molecule has 0 spiro atoms. The number of hydrogen-bond donors (Lipinski definition) is 0. The van der Waals surface area contributed by atoms with E-state index in [1.165, 1.54) is 25.9 Å². The van der Waals surface area contributed by atoms with Crippen LogP contribution in [0.1, 0.15) is 47.0 Å². The number of hydrazine groups is 3. The van der Waals surface area contributed by atoms with E-state index in [1.54, 1.807) is 0 Å². The van der Waals surface area contributed by atoms with Crippen LogP contribution < -0.4 is 0 Å². The summed E-state index contributed by atoms with van der Waals surface area (Å²) in [5, 5.41) is 11.1. The number of fused-ring (bicyclic) bond motifs is 2. The van der Waals surface area contributed by atoms with Crippen LogP contribution in [0.25, 0.3) is 0 Å². The molecule has 5 heterocycles. The molecule has 114 valence electrons. The Morgan fingerprint density at radius 3 is 2.29 bits per heavy atom. The number of nitrogens with zero attached hydrogens (tertiary/aromatic N) is 4. The SMILES string of the molecule is CC1(C)[C@@]2(C)[C@@H]3[C@H]4[C@@H]5CCC[C@@H]5[C@H]5[C@@H]3[C@]1(C)N1N5N4CN12. The van der Waals surface area contributed by atoms with Crippen LogP contribution in [0.2, 0.25) is 0 Å². The lowest BCUT2D eigenvalue weighted by Crippen LogP contribution is -2.75. The third kappa shape index (κ3) is 0.687. The van der Waals surface area contributed by atoms with Crippen LogP contribution in [0.4, 0.5) is 0 Å². The highest BCUT2D eigenvalue weighted by Gasteiger charge is 2.93. The van der Waals surface area contributed by atoms with E-state index in [9.17, 15) is 0 Å². The molecule has 0 N–H and O–H groups in total. The van der Waals surface area contributed by atoms with Crippen LogP contribution in [0.15, 0.2) is 0 Å². The summed E-state index contributed by atoms with van der Waals surface area (Å²) in [6.45, 7) is 11.5. The molecule has 0 aromatic rings. The van der Waals surface area contributed by atoms with Crippen LogP contribution in [-0.4, -0.2) is 50.1 Å². The summed E-state index contributed by atoms with van der Waals surface area (Å²) in [4.78, 5) is 0. The first-order chi connectivity index (χ1) is 9.95. The fourth-order valence-electron chi connectivity index (χ4n) is 8.95. The average Bonchev–Trinajstić information content (AvgIpc) is 3.13. The molecule has 8 aliphatic rings. The second-order valence-electron chi connectivity index (χ2n) is 9.80. The molecule has 0 radical (unpaired) electrons. The van der Waals surface area contributed by atoms with E-state index >= 15 is 0 Å². The van der Waals surface area contributed by atoms with Crippen molar-refractivity contribution in [1.29, 1.82) is 0 Å². The Morgan fingerprint density at radius 2 is 1.52 bits per heavy atom. The molecule has 0 aromatic heterocycles. The Kier molecular flexibility index (Phi) is 1.42. The third-order valence-corrected chi connectivity index (χ3v) is 9.98. The molecule has 3 aliphatic carbocycles. The van der Waals surface area contributed by atoms with Crippen LogP contribution in [0, 0.1) is 29.1 Å². The van der Waals surface area contributed by atoms with Crippen LogP contribution in [0.3, 0.4) is 0 Å². The zero-order chi connectivity index (χ0) is 14.1. The average molecular weight is 286 g/mol. The molecule has 3 saturated carbocycles. The smallest absolute Gasteiger partial charge is 0.0824 e. The van der Waals surface area contributed by atoms with Gasteiger partial charge in [0, 0.05) is 28.8 Å². The molecule has 0 unspecified atom stereocenters. The topological polar surface area (TPSA) is 13.0 Å². The van der Waals surface area contributed by atoms with Gasteiger partial charge in [0.05, 0.1) is 18.2 Å². The van der Waals surface area contributed by atoms with E-state index in [0.29, 0.717) is 16.5 Å². The van der Waals surface area contributed by atoms with E-state index < -0.39 is 0 Å². The van der Waals surface area contributed by atoms with Gasteiger partial charge in [-0.15, -0.1) is 0 Å². The molecule has 0 amide bonds. The van der Waals surface area contributed by atoms with Crippen molar-refractivity contribution in [3.8, 4) is 0 Å². The Labute approximate surface area is 126 Å². The van der Waals surface area contributed by atoms with E-state index in [0.717, 1.165) is 35.8 Å². The minimum Gasteiger partial charge on any atom is -0.207 e. The zero-order valence-corrected chi connectivity index (χ0v) is 13.6. The van der Waals surface area contributed by atoms with Gasteiger partial charge in [0.25, 0.3) is 0 Å². The predicted octanol–water partition coefficient (Wildman–Crippen LogP) is 1.91. The van der Waals surface area contributed by atoms with Gasteiger partial charge < -0.3 is 0 Å². The first kappa shape index (κ1) is 11.4. The van der Waals surface area contributed by atoms with Crippen molar-refractivity contribution in [1.82, 2.24) is 20.3 Å². The van der Waals surface area contributed by atoms with Crippen molar-refractivity contribution in [3.05, 3.63) is 0 Å². The summed E-state index contributed by atoms with van der Waals surface area (Å²) in [7, 11) is 0. The molecule has 0 aromatic carbocycles. The highest BCUT2D eigenvalue weighted by molar-refractivity contribution is 5.39. The molecule has 21 heavy (non-hydrogen) atoms. The number of rotatable bonds is 0. The lowest BCUT2D eigenvalue weighted by Gasteiger charge is -2.63. The van der Waals surface area contributed by atoms with Crippen LogP contribution in [-0.2, 0) is 0 Å². The van der Waals surface area contributed by atoms with Gasteiger partial charge in [-0.2, -0.15) is 10.2 Å².